The second-order valence-corrected chi connectivity index (χ2v) is 15.6. The van der Waals surface area contributed by atoms with Gasteiger partial charge in [0.15, 0.2) is 5.78 Å². The minimum absolute atomic E-state index is 0. The number of rotatable bonds is 9. The molecule has 6 rings (SSSR count). The number of carbonyl (C=O) groups excluding carboxylic acids is 1. The van der Waals surface area contributed by atoms with Crippen LogP contribution >= 0.6 is 11.3 Å². The van der Waals surface area contributed by atoms with Crippen LogP contribution < -0.4 is 0 Å². The average molecular weight is 866 g/mol. The van der Waals surface area contributed by atoms with Gasteiger partial charge in [-0.1, -0.05) is 91.5 Å². The molecule has 0 bridgehead atoms. The summed E-state index contributed by atoms with van der Waals surface area (Å²) in [5.41, 5.74) is 4.58. The number of ketones is 1. The number of aromatic nitrogens is 2. The van der Waals surface area contributed by atoms with Gasteiger partial charge in [-0.2, -0.15) is 0 Å². The molecule has 0 saturated heterocycles. The molecule has 50 heavy (non-hydrogen) atoms. The van der Waals surface area contributed by atoms with Crippen LogP contribution in [0, 0.1) is 16.9 Å². The summed E-state index contributed by atoms with van der Waals surface area (Å²) >= 11 is 1.74. The maximum atomic E-state index is 12.2. The number of fused-ring (bicyclic) bond motifs is 3. The minimum Gasteiger partial charge on any atom is -0.512 e. The molecule has 7 heteroatoms. The normalized spacial score (nSPS) is 12.5. The Morgan fingerprint density at radius 2 is 1.58 bits per heavy atom. The van der Waals surface area contributed by atoms with Crippen LogP contribution in [0.5, 0.6) is 0 Å². The van der Waals surface area contributed by atoms with Crippen molar-refractivity contribution >= 4 is 48.9 Å². The van der Waals surface area contributed by atoms with Gasteiger partial charge in [-0.15, -0.1) is 40.5 Å². The first-order chi connectivity index (χ1) is 23.3. The predicted molar refractivity (Wildman–Crippen MR) is 206 cm³/mol. The zero-order valence-corrected chi connectivity index (χ0v) is 33.9. The van der Waals surface area contributed by atoms with Gasteiger partial charge in [0, 0.05) is 76.3 Å². The van der Waals surface area contributed by atoms with Crippen molar-refractivity contribution in [3.8, 4) is 21.7 Å². The van der Waals surface area contributed by atoms with E-state index in [1.807, 2.05) is 66.2 Å². The molecule has 4 heterocycles. The van der Waals surface area contributed by atoms with E-state index >= 15 is 0 Å². The van der Waals surface area contributed by atoms with E-state index in [1.165, 1.54) is 21.7 Å². The summed E-state index contributed by atoms with van der Waals surface area (Å²) in [6.07, 6.45) is 12.1. The maximum absolute atomic E-state index is 12.2. The Morgan fingerprint density at radius 1 is 0.900 bits per heavy atom. The summed E-state index contributed by atoms with van der Waals surface area (Å²) in [6.45, 7) is 18.9. The van der Waals surface area contributed by atoms with E-state index in [-0.39, 0.29) is 47.9 Å². The van der Waals surface area contributed by atoms with Crippen molar-refractivity contribution in [2.45, 2.75) is 93.4 Å². The number of hydrogen-bond acceptors (Lipinski definition) is 6. The standard InChI is InChI=1S/C28H21N2OS.C15H28O2.Ir/c1-28(2,3)23-13-19(12-17-6-4-5-7-20(17)23)26-21-14-25(32-24(21)8-10-30-26)22-16-29-15-18-9-11-31-27(18)22;1-7-14(5,8-2)12(16)11-13(17)15(6,9-3)10-4;/h4-11,13-16H,1-3H3;11,16H,7-10H2,1-6H3;/q-1;;/b;12-11-;. The fraction of sp³-hybridized carbons (Fsp3) is 0.372. The fourth-order valence-electron chi connectivity index (χ4n) is 6.04. The van der Waals surface area contributed by atoms with Crippen molar-refractivity contribution in [3.05, 3.63) is 96.8 Å². The molecule has 1 N–H and O–H groups in total. The largest absolute Gasteiger partial charge is 0.512 e. The van der Waals surface area contributed by atoms with E-state index in [0.29, 0.717) is 0 Å². The maximum Gasteiger partial charge on any atom is 0.164 e. The molecule has 1 radical (unpaired) electrons. The van der Waals surface area contributed by atoms with Crippen LogP contribution in [0.15, 0.2) is 89.6 Å². The Hall–Kier alpha value is -3.64. The zero-order chi connectivity index (χ0) is 35.6. The second-order valence-electron chi connectivity index (χ2n) is 14.5. The molecule has 0 saturated carbocycles. The summed E-state index contributed by atoms with van der Waals surface area (Å²) in [7, 11) is 0. The number of carbonyl (C=O) groups is 1. The molecule has 0 atom stereocenters. The zero-order valence-electron chi connectivity index (χ0n) is 30.7. The summed E-state index contributed by atoms with van der Waals surface area (Å²) in [4.78, 5) is 22.5. The van der Waals surface area contributed by atoms with Crippen molar-refractivity contribution < 1.29 is 34.4 Å². The summed E-state index contributed by atoms with van der Waals surface area (Å²) in [5, 5.41) is 14.6. The van der Waals surface area contributed by atoms with E-state index in [2.05, 4.69) is 74.3 Å². The number of aliphatic hydroxyl groups excluding tert-OH is 1. The van der Waals surface area contributed by atoms with E-state index < -0.39 is 0 Å². The Morgan fingerprint density at radius 3 is 2.24 bits per heavy atom. The molecule has 0 spiro atoms. The van der Waals surface area contributed by atoms with Gasteiger partial charge in [-0.3, -0.25) is 14.8 Å². The number of thiophene rings is 1. The Kier molecular flexibility index (Phi) is 12.3. The third-order valence-corrected chi connectivity index (χ3v) is 11.6. The molecule has 0 aliphatic heterocycles. The fourth-order valence-corrected chi connectivity index (χ4v) is 7.10. The number of aliphatic hydroxyl groups is 1. The summed E-state index contributed by atoms with van der Waals surface area (Å²) < 4.78 is 6.95. The van der Waals surface area contributed by atoms with Gasteiger partial charge in [0.05, 0.1) is 11.8 Å². The topological polar surface area (TPSA) is 76.2 Å². The van der Waals surface area contributed by atoms with Crippen LogP contribution in [0.1, 0.15) is 93.6 Å². The summed E-state index contributed by atoms with van der Waals surface area (Å²) in [6, 6.07) is 20.6. The van der Waals surface area contributed by atoms with Crippen LogP contribution in [0.4, 0.5) is 0 Å². The van der Waals surface area contributed by atoms with Gasteiger partial charge in [0.2, 0.25) is 0 Å². The predicted octanol–water partition coefficient (Wildman–Crippen LogP) is 12.7. The number of furan rings is 1. The number of allylic oxidation sites excluding steroid dienone is 2. The van der Waals surface area contributed by atoms with Gasteiger partial charge in [-0.25, -0.2) is 0 Å². The van der Waals surface area contributed by atoms with Gasteiger partial charge in [0.25, 0.3) is 0 Å². The van der Waals surface area contributed by atoms with Crippen LogP contribution in [-0.4, -0.2) is 20.9 Å². The van der Waals surface area contributed by atoms with Crippen molar-refractivity contribution in [2.75, 3.05) is 0 Å². The van der Waals surface area contributed by atoms with Crippen LogP contribution in [0.3, 0.4) is 0 Å². The molecule has 2 aromatic carbocycles. The second kappa shape index (κ2) is 15.7. The monoisotopic (exact) mass is 866 g/mol. The van der Waals surface area contributed by atoms with Gasteiger partial charge in [-0.05, 0) is 54.7 Å². The minimum atomic E-state index is -0.337. The molecule has 5 nitrogen and oxygen atoms in total. The third kappa shape index (κ3) is 7.81. The molecule has 0 aliphatic rings. The molecule has 265 valence electrons. The van der Waals surface area contributed by atoms with Crippen LogP contribution in [-0.2, 0) is 30.3 Å². The Bertz CT molecular complexity index is 2130. The Labute approximate surface area is 314 Å². The van der Waals surface area contributed by atoms with E-state index in [9.17, 15) is 9.90 Å². The third-order valence-electron chi connectivity index (χ3n) is 10.5. The number of pyridine rings is 2. The SMILES string of the molecule is CC(C)(C)c1cc(-c2nccc3sc(-c4cncc5ccoc45)cc23)[c-]c2ccccc12.CCC(C)(CC)C(=O)/C=C(\O)C(C)(CC)CC.[Ir]. The number of nitrogens with zero attached hydrogens (tertiary/aromatic N) is 2. The van der Waals surface area contributed by atoms with Crippen molar-refractivity contribution in [1.29, 1.82) is 0 Å². The van der Waals surface area contributed by atoms with Crippen molar-refractivity contribution in [1.82, 2.24) is 9.97 Å². The first-order valence-corrected chi connectivity index (χ1v) is 18.2. The van der Waals surface area contributed by atoms with Crippen molar-refractivity contribution in [3.63, 3.8) is 0 Å². The molecule has 0 aliphatic carbocycles. The van der Waals surface area contributed by atoms with Gasteiger partial charge >= 0.3 is 0 Å². The number of hydrogen-bond donors (Lipinski definition) is 1. The first kappa shape index (κ1) is 39.2. The van der Waals surface area contributed by atoms with E-state index in [1.54, 1.807) is 17.6 Å². The van der Waals surface area contributed by atoms with Crippen molar-refractivity contribution in [2.24, 2.45) is 10.8 Å². The first-order valence-electron chi connectivity index (χ1n) is 17.4. The smallest absolute Gasteiger partial charge is 0.164 e. The Balaban J connectivity index is 0.000000269. The molecule has 0 amide bonds. The summed E-state index contributed by atoms with van der Waals surface area (Å²) in [5.74, 6) is 0.286. The molecule has 0 fully saturated rings. The average Bonchev–Trinajstić information content (AvgIpc) is 3.78. The molecular weight excluding hydrogens is 817 g/mol. The van der Waals surface area contributed by atoms with Gasteiger partial charge in [0.1, 0.15) is 11.3 Å². The van der Waals surface area contributed by atoms with Crippen LogP contribution in [0.25, 0.3) is 53.5 Å². The van der Waals surface area contributed by atoms with E-state index in [0.717, 1.165) is 69.1 Å². The quantitative estimate of drug-likeness (QED) is 0.0890. The molecule has 4 aromatic heterocycles. The van der Waals surface area contributed by atoms with Gasteiger partial charge < -0.3 is 9.52 Å². The van der Waals surface area contributed by atoms with E-state index in [4.69, 9.17) is 9.40 Å². The molecular formula is C43H49IrN2O3S-. The molecule has 0 unspecified atom stereocenters. The number of benzene rings is 2. The van der Waals surface area contributed by atoms with Crippen LogP contribution in [0.2, 0.25) is 0 Å². The molecule has 6 aromatic rings.